The van der Waals surface area contributed by atoms with Crippen molar-refractivity contribution in [2.45, 2.75) is 0 Å². The van der Waals surface area contributed by atoms with Gasteiger partial charge in [-0.15, -0.1) is 0 Å². The Hall–Kier alpha value is -2.84. The minimum Gasteiger partial charge on any atom is -0.465 e. The first-order valence-electron chi connectivity index (χ1n) is 6.56. The van der Waals surface area contributed by atoms with Crippen molar-refractivity contribution < 1.29 is 9.53 Å². The van der Waals surface area contributed by atoms with Crippen molar-refractivity contribution in [2.75, 3.05) is 7.11 Å². The average Bonchev–Trinajstić information content (AvgIpc) is 3.23. The zero-order chi connectivity index (χ0) is 15.5. The lowest BCUT2D eigenvalue weighted by Crippen LogP contribution is -2.01. The van der Waals surface area contributed by atoms with Crippen LogP contribution in [0.15, 0.2) is 53.5 Å². The number of carbonyl (C=O) groups is 1. The van der Waals surface area contributed by atoms with Crippen LogP contribution in [-0.2, 0) is 4.74 Å². The molecular formula is C17H12N2O2S. The second-order valence-electron chi connectivity index (χ2n) is 4.66. The molecule has 22 heavy (non-hydrogen) atoms. The molecule has 1 aromatic carbocycles. The van der Waals surface area contributed by atoms with Crippen LogP contribution in [-0.4, -0.2) is 17.6 Å². The molecule has 0 aliphatic rings. The highest BCUT2D eigenvalue weighted by molar-refractivity contribution is 7.08. The molecule has 0 radical (unpaired) electrons. The maximum Gasteiger partial charge on any atom is 0.337 e. The summed E-state index contributed by atoms with van der Waals surface area (Å²) in [5.41, 5.74) is 3.94. The number of hydrogen-bond donors (Lipinski definition) is 0. The highest BCUT2D eigenvalue weighted by Gasteiger charge is 2.11. The normalized spacial score (nSPS) is 10.2. The van der Waals surface area contributed by atoms with Crippen molar-refractivity contribution in [1.29, 1.82) is 5.26 Å². The minimum absolute atomic E-state index is 0.365. The molecular weight excluding hydrogens is 296 g/mol. The van der Waals surface area contributed by atoms with Crippen molar-refractivity contribution in [2.24, 2.45) is 0 Å². The molecule has 3 rings (SSSR count). The van der Waals surface area contributed by atoms with Crippen LogP contribution in [0.3, 0.4) is 0 Å². The predicted molar refractivity (Wildman–Crippen MR) is 85.1 cm³/mol. The number of nitrogens with zero attached hydrogens (tertiary/aromatic N) is 2. The fourth-order valence-electron chi connectivity index (χ4n) is 2.23. The van der Waals surface area contributed by atoms with Gasteiger partial charge < -0.3 is 9.30 Å². The first-order chi connectivity index (χ1) is 10.7. The highest BCUT2D eigenvalue weighted by Crippen LogP contribution is 2.28. The van der Waals surface area contributed by atoms with E-state index >= 15 is 0 Å². The van der Waals surface area contributed by atoms with Gasteiger partial charge >= 0.3 is 5.97 Å². The average molecular weight is 308 g/mol. The summed E-state index contributed by atoms with van der Waals surface area (Å²) in [5, 5.41) is 13.3. The van der Waals surface area contributed by atoms with E-state index < -0.39 is 0 Å². The molecule has 0 unspecified atom stereocenters. The third-order valence-corrected chi connectivity index (χ3v) is 4.05. The minimum atomic E-state index is -0.365. The van der Waals surface area contributed by atoms with Gasteiger partial charge in [0.1, 0.15) is 6.07 Å². The third kappa shape index (κ3) is 2.52. The Morgan fingerprint density at radius 1 is 1.23 bits per heavy atom. The van der Waals surface area contributed by atoms with Crippen LogP contribution in [0.4, 0.5) is 0 Å². The van der Waals surface area contributed by atoms with Crippen LogP contribution < -0.4 is 0 Å². The number of aromatic nitrogens is 1. The van der Waals surface area contributed by atoms with E-state index in [1.54, 1.807) is 29.7 Å². The SMILES string of the molecule is COC(=O)c1ccc(-n2cc(C#N)c(-c3ccsc3)c2)cc1. The number of methoxy groups -OCH3 is 1. The first-order valence-corrected chi connectivity index (χ1v) is 7.50. The molecule has 0 amide bonds. The van der Waals surface area contributed by atoms with E-state index in [1.807, 2.05) is 39.7 Å². The summed E-state index contributed by atoms with van der Waals surface area (Å²) in [6.45, 7) is 0. The molecule has 0 saturated heterocycles. The number of ether oxygens (including phenoxy) is 1. The van der Waals surface area contributed by atoms with E-state index in [2.05, 4.69) is 10.8 Å². The lowest BCUT2D eigenvalue weighted by Gasteiger charge is -2.04. The second-order valence-corrected chi connectivity index (χ2v) is 5.44. The summed E-state index contributed by atoms with van der Waals surface area (Å²) >= 11 is 1.60. The molecule has 0 spiro atoms. The molecule has 2 aromatic heterocycles. The fourth-order valence-corrected chi connectivity index (χ4v) is 2.88. The zero-order valence-electron chi connectivity index (χ0n) is 11.8. The van der Waals surface area contributed by atoms with Gasteiger partial charge in [0.2, 0.25) is 0 Å². The Morgan fingerprint density at radius 3 is 2.59 bits per heavy atom. The number of esters is 1. The van der Waals surface area contributed by atoms with Gasteiger partial charge in [-0.1, -0.05) is 0 Å². The maximum atomic E-state index is 11.5. The summed E-state index contributed by atoms with van der Waals surface area (Å²) in [7, 11) is 1.36. The molecule has 4 nitrogen and oxygen atoms in total. The first kappa shape index (κ1) is 14.1. The van der Waals surface area contributed by atoms with E-state index in [0.29, 0.717) is 11.1 Å². The van der Waals surface area contributed by atoms with Gasteiger partial charge in [0.25, 0.3) is 0 Å². The van der Waals surface area contributed by atoms with Crippen LogP contribution in [0, 0.1) is 11.3 Å². The van der Waals surface area contributed by atoms with Gasteiger partial charge in [0.15, 0.2) is 0 Å². The van der Waals surface area contributed by atoms with E-state index in [0.717, 1.165) is 16.8 Å². The van der Waals surface area contributed by atoms with Crippen molar-refractivity contribution in [3.8, 4) is 22.9 Å². The number of carbonyl (C=O) groups excluding carboxylic acids is 1. The molecule has 108 valence electrons. The predicted octanol–water partition coefficient (Wildman–Crippen LogP) is 3.86. The smallest absolute Gasteiger partial charge is 0.337 e. The van der Waals surface area contributed by atoms with E-state index in [9.17, 15) is 10.1 Å². The van der Waals surface area contributed by atoms with Crippen molar-refractivity contribution in [3.05, 3.63) is 64.6 Å². The molecule has 3 aromatic rings. The summed E-state index contributed by atoms with van der Waals surface area (Å²) in [5.74, 6) is -0.365. The van der Waals surface area contributed by atoms with Gasteiger partial charge in [-0.3, -0.25) is 0 Å². The summed E-state index contributed by atoms with van der Waals surface area (Å²) in [6.07, 6.45) is 3.72. The van der Waals surface area contributed by atoms with Crippen molar-refractivity contribution in [3.63, 3.8) is 0 Å². The number of rotatable bonds is 3. The fraction of sp³-hybridized carbons (Fsp3) is 0.0588. The van der Waals surface area contributed by atoms with Gasteiger partial charge in [-0.25, -0.2) is 4.79 Å². The monoisotopic (exact) mass is 308 g/mol. The lowest BCUT2D eigenvalue weighted by molar-refractivity contribution is 0.0601. The molecule has 0 aliphatic carbocycles. The molecule has 5 heteroatoms. The van der Waals surface area contributed by atoms with E-state index in [4.69, 9.17) is 0 Å². The largest absolute Gasteiger partial charge is 0.465 e. The van der Waals surface area contributed by atoms with Crippen LogP contribution in [0.2, 0.25) is 0 Å². The second kappa shape index (κ2) is 5.88. The Kier molecular flexibility index (Phi) is 3.77. The Morgan fingerprint density at radius 2 is 2.00 bits per heavy atom. The van der Waals surface area contributed by atoms with Gasteiger partial charge in [-0.05, 0) is 46.7 Å². The standard InChI is InChI=1S/C17H12N2O2S/c1-21-17(20)12-2-4-15(5-3-12)19-9-14(8-18)16(10-19)13-6-7-22-11-13/h2-7,9-11H,1H3. The van der Waals surface area contributed by atoms with Crippen LogP contribution in [0.5, 0.6) is 0 Å². The number of nitriles is 1. The van der Waals surface area contributed by atoms with Gasteiger partial charge in [0, 0.05) is 23.6 Å². The van der Waals surface area contributed by atoms with Crippen molar-refractivity contribution in [1.82, 2.24) is 4.57 Å². The molecule has 0 aliphatic heterocycles. The molecule has 0 atom stereocenters. The third-order valence-electron chi connectivity index (χ3n) is 3.37. The maximum absolute atomic E-state index is 11.5. The molecule has 2 heterocycles. The zero-order valence-corrected chi connectivity index (χ0v) is 12.6. The molecule has 0 saturated carbocycles. The summed E-state index contributed by atoms with van der Waals surface area (Å²) in [6, 6.07) is 11.3. The number of hydrogen-bond acceptors (Lipinski definition) is 4. The summed E-state index contributed by atoms with van der Waals surface area (Å²) in [4.78, 5) is 11.5. The number of thiophene rings is 1. The van der Waals surface area contributed by atoms with Crippen LogP contribution >= 0.6 is 11.3 Å². The Bertz CT molecular complexity index is 840. The molecule has 0 bridgehead atoms. The Labute approximate surface area is 131 Å². The quantitative estimate of drug-likeness (QED) is 0.690. The summed E-state index contributed by atoms with van der Waals surface area (Å²) < 4.78 is 6.57. The van der Waals surface area contributed by atoms with Crippen LogP contribution in [0.25, 0.3) is 16.8 Å². The molecule has 0 N–H and O–H groups in total. The lowest BCUT2D eigenvalue weighted by atomic mass is 10.1. The van der Waals surface area contributed by atoms with Gasteiger partial charge in [0.05, 0.1) is 18.2 Å². The highest BCUT2D eigenvalue weighted by atomic mass is 32.1. The number of benzene rings is 1. The Balaban J connectivity index is 1.99. The van der Waals surface area contributed by atoms with Crippen LogP contribution in [0.1, 0.15) is 15.9 Å². The van der Waals surface area contributed by atoms with Crippen molar-refractivity contribution >= 4 is 17.3 Å². The van der Waals surface area contributed by atoms with E-state index in [1.165, 1.54) is 7.11 Å². The molecule has 0 fully saturated rings. The van der Waals surface area contributed by atoms with Gasteiger partial charge in [-0.2, -0.15) is 16.6 Å². The topological polar surface area (TPSA) is 55.0 Å². The van der Waals surface area contributed by atoms with E-state index in [-0.39, 0.29) is 5.97 Å².